The van der Waals surface area contributed by atoms with Gasteiger partial charge in [0.05, 0.1) is 13.0 Å². The van der Waals surface area contributed by atoms with E-state index in [9.17, 15) is 4.79 Å². The van der Waals surface area contributed by atoms with Crippen LogP contribution in [0.4, 0.5) is 0 Å². The highest BCUT2D eigenvalue weighted by atomic mass is 32.2. The zero-order chi connectivity index (χ0) is 25.1. The Morgan fingerprint density at radius 3 is 1.91 bits per heavy atom. The van der Waals surface area contributed by atoms with Gasteiger partial charge in [-0.25, -0.2) is 4.98 Å². The molecule has 0 unspecified atom stereocenters. The third-order valence-electron chi connectivity index (χ3n) is 6.12. The van der Waals surface area contributed by atoms with Gasteiger partial charge in [0, 0.05) is 10.5 Å². The number of ether oxygens (including phenoxy) is 1. The van der Waals surface area contributed by atoms with Crippen LogP contribution in [0.2, 0.25) is 0 Å². The summed E-state index contributed by atoms with van der Waals surface area (Å²) in [4.78, 5) is 16.6. The van der Waals surface area contributed by atoms with Crippen LogP contribution in [0.3, 0.4) is 0 Å². The highest BCUT2D eigenvalue weighted by Crippen LogP contribution is 2.30. The van der Waals surface area contributed by atoms with Crippen molar-refractivity contribution in [3.63, 3.8) is 0 Å². The molecule has 0 fully saturated rings. The standard InChI is InChI=1S/C29H45NO4S/c1-3-5-6-7-8-9-10-11-12-13-14-15-16-17-22-35-25-20-18-24(19-21-25)28-30-26(23-27(31)32)29(34-28)33-4-2/h18-21H,3-17,22-23H2,1-2H3,(H,31,32). The molecule has 2 aromatic rings. The molecular weight excluding hydrogens is 458 g/mol. The number of carbonyl (C=O) groups is 1. The van der Waals surface area contributed by atoms with Gasteiger partial charge in [-0.05, 0) is 43.4 Å². The summed E-state index contributed by atoms with van der Waals surface area (Å²) < 4.78 is 11.1. The number of carboxylic acids is 1. The number of aliphatic carboxylic acids is 1. The molecule has 0 radical (unpaired) electrons. The molecule has 0 amide bonds. The van der Waals surface area contributed by atoms with Crippen molar-refractivity contribution in [3.05, 3.63) is 30.0 Å². The van der Waals surface area contributed by atoms with Gasteiger partial charge in [-0.3, -0.25) is 4.79 Å². The van der Waals surface area contributed by atoms with Crippen LogP contribution in [-0.2, 0) is 11.2 Å². The van der Waals surface area contributed by atoms with Crippen LogP contribution >= 0.6 is 11.8 Å². The second-order valence-corrected chi connectivity index (χ2v) is 10.4. The summed E-state index contributed by atoms with van der Waals surface area (Å²) in [7, 11) is 0. The second kappa shape index (κ2) is 18.3. The van der Waals surface area contributed by atoms with Crippen LogP contribution in [0.1, 0.15) is 109 Å². The molecule has 196 valence electrons. The Kier molecular flexibility index (Phi) is 15.3. The molecule has 1 N–H and O–H groups in total. The minimum Gasteiger partial charge on any atom is -0.481 e. The molecule has 2 rings (SSSR count). The number of benzene rings is 1. The van der Waals surface area contributed by atoms with Gasteiger partial charge in [-0.1, -0.05) is 90.4 Å². The zero-order valence-corrected chi connectivity index (χ0v) is 22.7. The summed E-state index contributed by atoms with van der Waals surface area (Å²) in [5, 5.41) is 9.07. The molecule has 0 aliphatic heterocycles. The van der Waals surface area contributed by atoms with Crippen molar-refractivity contribution in [3.8, 4) is 17.4 Å². The number of hydrogen-bond acceptors (Lipinski definition) is 5. The van der Waals surface area contributed by atoms with Gasteiger partial charge in [0.1, 0.15) is 5.69 Å². The third-order valence-corrected chi connectivity index (χ3v) is 7.22. The Hall–Kier alpha value is -1.95. The number of unbranched alkanes of at least 4 members (excludes halogenated alkanes) is 13. The van der Waals surface area contributed by atoms with Crippen molar-refractivity contribution < 1.29 is 19.1 Å². The molecule has 35 heavy (non-hydrogen) atoms. The van der Waals surface area contributed by atoms with Crippen LogP contribution in [0.25, 0.3) is 11.5 Å². The summed E-state index contributed by atoms with van der Waals surface area (Å²) in [6.07, 6.45) is 19.2. The Labute approximate surface area is 216 Å². The van der Waals surface area contributed by atoms with Crippen LogP contribution in [0.15, 0.2) is 33.6 Å². The van der Waals surface area contributed by atoms with Crippen LogP contribution in [0.5, 0.6) is 5.95 Å². The van der Waals surface area contributed by atoms with Crippen molar-refractivity contribution >= 4 is 17.7 Å². The van der Waals surface area contributed by atoms with E-state index in [0.717, 1.165) is 11.3 Å². The first-order valence-electron chi connectivity index (χ1n) is 13.7. The predicted octanol–water partition coefficient (Wildman–Crippen LogP) is 8.94. The van der Waals surface area contributed by atoms with Gasteiger partial charge < -0.3 is 14.3 Å². The Bertz CT molecular complexity index is 819. The monoisotopic (exact) mass is 503 g/mol. The number of thioether (sulfide) groups is 1. The summed E-state index contributed by atoms with van der Waals surface area (Å²) >= 11 is 1.88. The molecule has 1 aromatic carbocycles. The second-order valence-electron chi connectivity index (χ2n) is 9.23. The van der Waals surface area contributed by atoms with Crippen LogP contribution < -0.4 is 4.74 Å². The smallest absolute Gasteiger partial charge is 0.309 e. The van der Waals surface area contributed by atoms with E-state index in [1.165, 1.54) is 94.8 Å². The molecule has 0 aliphatic rings. The minimum absolute atomic E-state index is 0.196. The largest absolute Gasteiger partial charge is 0.481 e. The molecule has 1 heterocycles. The fourth-order valence-corrected chi connectivity index (χ4v) is 5.05. The molecule has 0 aliphatic carbocycles. The number of hydrogen-bond donors (Lipinski definition) is 1. The fourth-order valence-electron chi connectivity index (χ4n) is 4.14. The Morgan fingerprint density at radius 1 is 0.857 bits per heavy atom. The van der Waals surface area contributed by atoms with Gasteiger partial charge >= 0.3 is 11.9 Å². The lowest BCUT2D eigenvalue weighted by molar-refractivity contribution is -0.136. The molecular formula is C29H45NO4S. The average molecular weight is 504 g/mol. The Balaban J connectivity index is 1.55. The minimum atomic E-state index is -0.957. The quantitative estimate of drug-likeness (QED) is 0.135. The first-order chi connectivity index (χ1) is 17.1. The highest BCUT2D eigenvalue weighted by molar-refractivity contribution is 7.99. The van der Waals surface area contributed by atoms with E-state index >= 15 is 0 Å². The molecule has 0 bridgehead atoms. The summed E-state index contributed by atoms with van der Waals surface area (Å²) in [6.45, 7) is 4.51. The van der Waals surface area contributed by atoms with Crippen molar-refractivity contribution in [2.24, 2.45) is 0 Å². The van der Waals surface area contributed by atoms with Crippen LogP contribution in [-0.4, -0.2) is 28.4 Å². The molecule has 5 nitrogen and oxygen atoms in total. The fraction of sp³-hybridized carbons (Fsp3) is 0.655. The predicted molar refractivity (Wildman–Crippen MR) is 145 cm³/mol. The first-order valence-corrected chi connectivity index (χ1v) is 14.7. The maximum Gasteiger partial charge on any atom is 0.309 e. The third kappa shape index (κ3) is 12.5. The number of aromatic nitrogens is 1. The number of rotatable bonds is 21. The molecule has 6 heteroatoms. The van der Waals surface area contributed by atoms with Gasteiger partial charge in [0.25, 0.3) is 0 Å². The lowest BCUT2D eigenvalue weighted by Gasteiger charge is -2.04. The average Bonchev–Trinajstić information content (AvgIpc) is 3.23. The lowest BCUT2D eigenvalue weighted by Crippen LogP contribution is -2.03. The van der Waals surface area contributed by atoms with E-state index in [2.05, 4.69) is 24.0 Å². The van der Waals surface area contributed by atoms with Crippen molar-refractivity contribution in [2.45, 2.75) is 115 Å². The van der Waals surface area contributed by atoms with E-state index in [1.54, 1.807) is 0 Å². The van der Waals surface area contributed by atoms with Gasteiger partial charge in [0.2, 0.25) is 5.89 Å². The molecule has 0 atom stereocenters. The van der Waals surface area contributed by atoms with E-state index in [1.807, 2.05) is 30.8 Å². The number of carboxylic acid groups (broad SMARTS) is 1. The maximum absolute atomic E-state index is 11.1. The molecule has 0 saturated carbocycles. The Morgan fingerprint density at radius 2 is 1.40 bits per heavy atom. The zero-order valence-electron chi connectivity index (χ0n) is 21.9. The van der Waals surface area contributed by atoms with Crippen molar-refractivity contribution in [2.75, 3.05) is 12.4 Å². The SMILES string of the molecule is CCCCCCCCCCCCCCCCSc1ccc(-c2nc(CC(=O)O)c(OCC)o2)cc1. The van der Waals surface area contributed by atoms with Gasteiger partial charge in [-0.2, -0.15) is 0 Å². The normalized spacial score (nSPS) is 11.1. The van der Waals surface area contributed by atoms with E-state index in [0.29, 0.717) is 18.2 Å². The number of oxazole rings is 1. The molecule has 0 saturated heterocycles. The van der Waals surface area contributed by atoms with E-state index in [-0.39, 0.29) is 12.4 Å². The van der Waals surface area contributed by atoms with E-state index in [4.69, 9.17) is 14.3 Å². The summed E-state index contributed by atoms with van der Waals surface area (Å²) in [5.74, 6) is 0.767. The molecule has 0 spiro atoms. The topological polar surface area (TPSA) is 72.6 Å². The first kappa shape index (κ1) is 29.3. The summed E-state index contributed by atoms with van der Waals surface area (Å²) in [5.41, 5.74) is 1.15. The van der Waals surface area contributed by atoms with Gasteiger partial charge in [0.15, 0.2) is 0 Å². The van der Waals surface area contributed by atoms with Crippen molar-refractivity contribution in [1.82, 2.24) is 4.98 Å². The molecule has 1 aromatic heterocycles. The lowest BCUT2D eigenvalue weighted by atomic mass is 10.0. The summed E-state index contributed by atoms with van der Waals surface area (Å²) in [6, 6.07) is 8.09. The van der Waals surface area contributed by atoms with Crippen molar-refractivity contribution in [1.29, 1.82) is 0 Å². The van der Waals surface area contributed by atoms with E-state index < -0.39 is 5.97 Å². The van der Waals surface area contributed by atoms with Gasteiger partial charge in [-0.15, -0.1) is 11.8 Å². The number of nitrogens with zero attached hydrogens (tertiary/aromatic N) is 1. The van der Waals surface area contributed by atoms with Crippen LogP contribution in [0, 0.1) is 0 Å². The maximum atomic E-state index is 11.1. The highest BCUT2D eigenvalue weighted by Gasteiger charge is 2.18.